The van der Waals surface area contributed by atoms with E-state index in [2.05, 4.69) is 5.32 Å². The van der Waals surface area contributed by atoms with Crippen LogP contribution < -0.4 is 5.32 Å². The highest BCUT2D eigenvalue weighted by Crippen LogP contribution is 2.29. The number of likely N-dealkylation sites (tertiary alicyclic amines) is 1. The lowest BCUT2D eigenvalue weighted by atomic mass is 9.92. The molecule has 0 saturated carbocycles. The molecule has 31 heavy (non-hydrogen) atoms. The van der Waals surface area contributed by atoms with E-state index < -0.39 is 6.04 Å². The lowest BCUT2D eigenvalue weighted by Crippen LogP contribution is -2.53. The van der Waals surface area contributed by atoms with Gasteiger partial charge in [-0.05, 0) is 54.3 Å². The van der Waals surface area contributed by atoms with E-state index >= 15 is 0 Å². The van der Waals surface area contributed by atoms with Crippen LogP contribution in [0.4, 0.5) is 5.69 Å². The Balaban J connectivity index is 1.67. The molecule has 0 bridgehead atoms. The van der Waals surface area contributed by atoms with E-state index in [9.17, 15) is 14.4 Å². The Morgan fingerprint density at radius 1 is 1.06 bits per heavy atom. The zero-order valence-electron chi connectivity index (χ0n) is 17.6. The Hall–Kier alpha value is -2.86. The van der Waals surface area contributed by atoms with Crippen molar-refractivity contribution < 1.29 is 14.4 Å². The number of hydrogen-bond donors (Lipinski definition) is 1. The van der Waals surface area contributed by atoms with Gasteiger partial charge in [-0.15, -0.1) is 0 Å². The Morgan fingerprint density at radius 2 is 1.84 bits per heavy atom. The van der Waals surface area contributed by atoms with Crippen molar-refractivity contribution >= 4 is 35.0 Å². The smallest absolute Gasteiger partial charge is 0.254 e. The van der Waals surface area contributed by atoms with Gasteiger partial charge in [-0.25, -0.2) is 0 Å². The van der Waals surface area contributed by atoms with Crippen LogP contribution in [-0.2, 0) is 22.6 Å². The number of amides is 3. The molecule has 1 fully saturated rings. The van der Waals surface area contributed by atoms with Gasteiger partial charge in [0.2, 0.25) is 11.8 Å². The van der Waals surface area contributed by atoms with Gasteiger partial charge in [0.1, 0.15) is 6.04 Å². The van der Waals surface area contributed by atoms with Crippen LogP contribution in [0.25, 0.3) is 0 Å². The maximum absolute atomic E-state index is 13.4. The first-order valence-electron chi connectivity index (χ1n) is 10.7. The molecule has 1 saturated heterocycles. The summed E-state index contributed by atoms with van der Waals surface area (Å²) in [4.78, 5) is 42.1. The summed E-state index contributed by atoms with van der Waals surface area (Å²) in [7, 11) is 0. The fourth-order valence-corrected chi connectivity index (χ4v) is 4.47. The molecule has 2 aromatic rings. The Morgan fingerprint density at radius 3 is 2.55 bits per heavy atom. The minimum absolute atomic E-state index is 0.00175. The number of carbonyl (C=O) groups excluding carboxylic acids is 3. The van der Waals surface area contributed by atoms with E-state index in [1.54, 1.807) is 36.1 Å². The third-order valence-corrected chi connectivity index (χ3v) is 6.21. The second kappa shape index (κ2) is 9.10. The largest absolute Gasteiger partial charge is 0.341 e. The maximum atomic E-state index is 13.4. The number of rotatable bonds is 4. The first kappa shape index (κ1) is 21.4. The van der Waals surface area contributed by atoms with Gasteiger partial charge < -0.3 is 15.1 Å². The molecular formula is C24H26ClN3O3. The normalized spacial score (nSPS) is 17.9. The van der Waals surface area contributed by atoms with Crippen molar-refractivity contribution in [1.82, 2.24) is 9.80 Å². The van der Waals surface area contributed by atoms with E-state index in [-0.39, 0.29) is 17.7 Å². The van der Waals surface area contributed by atoms with Crippen molar-refractivity contribution in [3.05, 3.63) is 64.2 Å². The Bertz CT molecular complexity index is 1020. The molecule has 6 nitrogen and oxygen atoms in total. The fourth-order valence-electron chi connectivity index (χ4n) is 4.28. The molecule has 3 amide bonds. The summed E-state index contributed by atoms with van der Waals surface area (Å²) in [6.45, 7) is 3.58. The molecule has 1 unspecified atom stereocenters. The zero-order chi connectivity index (χ0) is 22.0. The molecule has 162 valence electrons. The van der Waals surface area contributed by atoms with Crippen LogP contribution in [0.1, 0.15) is 47.7 Å². The van der Waals surface area contributed by atoms with Gasteiger partial charge in [-0.2, -0.15) is 0 Å². The average Bonchev–Trinajstić information content (AvgIpc) is 3.32. The molecule has 2 heterocycles. The summed E-state index contributed by atoms with van der Waals surface area (Å²) in [5.74, 6) is -0.278. The first-order valence-corrected chi connectivity index (χ1v) is 11.1. The van der Waals surface area contributed by atoms with Gasteiger partial charge >= 0.3 is 0 Å². The molecule has 0 aliphatic carbocycles. The SMILES string of the molecule is CCC(=O)Nc1ccc2c(c1)CN(C(=O)c1cccc(Cl)c1)C(C(=O)N1CCCC1)C2. The summed E-state index contributed by atoms with van der Waals surface area (Å²) < 4.78 is 0. The third kappa shape index (κ3) is 4.59. The molecule has 2 aromatic carbocycles. The van der Waals surface area contributed by atoms with Crippen LogP contribution >= 0.6 is 11.6 Å². The van der Waals surface area contributed by atoms with E-state index in [1.165, 1.54) is 0 Å². The molecule has 4 rings (SSSR count). The second-order valence-electron chi connectivity index (χ2n) is 8.08. The highest BCUT2D eigenvalue weighted by Gasteiger charge is 2.38. The van der Waals surface area contributed by atoms with E-state index in [1.807, 2.05) is 23.1 Å². The van der Waals surface area contributed by atoms with Gasteiger partial charge in [0.25, 0.3) is 5.91 Å². The first-order chi connectivity index (χ1) is 15.0. The molecular weight excluding hydrogens is 414 g/mol. The summed E-state index contributed by atoms with van der Waals surface area (Å²) in [6.07, 6.45) is 2.84. The standard InChI is InChI=1S/C24H26ClN3O3/c1-2-22(29)26-20-9-8-16-14-21(24(31)27-10-3-4-11-27)28(15-18(16)13-20)23(30)17-6-5-7-19(25)12-17/h5-9,12-13,21H,2-4,10-11,14-15H2,1H3,(H,26,29). The second-order valence-corrected chi connectivity index (χ2v) is 8.52. The molecule has 2 aliphatic heterocycles. The van der Waals surface area contributed by atoms with E-state index in [0.29, 0.717) is 35.7 Å². The highest BCUT2D eigenvalue weighted by atomic mass is 35.5. The Kier molecular flexibility index (Phi) is 6.28. The van der Waals surface area contributed by atoms with Crippen LogP contribution in [0.3, 0.4) is 0 Å². The zero-order valence-corrected chi connectivity index (χ0v) is 18.3. The van der Waals surface area contributed by atoms with Gasteiger partial charge in [0.15, 0.2) is 0 Å². The number of nitrogens with zero attached hydrogens (tertiary/aromatic N) is 2. The van der Waals surface area contributed by atoms with Crippen molar-refractivity contribution in [2.75, 3.05) is 18.4 Å². The van der Waals surface area contributed by atoms with Crippen LogP contribution in [0.2, 0.25) is 5.02 Å². The molecule has 1 atom stereocenters. The third-order valence-electron chi connectivity index (χ3n) is 5.98. The minimum atomic E-state index is -0.548. The predicted octanol–water partition coefficient (Wildman–Crippen LogP) is 3.88. The van der Waals surface area contributed by atoms with Gasteiger partial charge in [-0.1, -0.05) is 30.7 Å². The lowest BCUT2D eigenvalue weighted by molar-refractivity contribution is -0.135. The van der Waals surface area contributed by atoms with Crippen LogP contribution in [0.15, 0.2) is 42.5 Å². The van der Waals surface area contributed by atoms with Crippen molar-refractivity contribution in [3.8, 4) is 0 Å². The van der Waals surface area contributed by atoms with Crippen molar-refractivity contribution in [2.24, 2.45) is 0 Å². The number of halogens is 1. The highest BCUT2D eigenvalue weighted by molar-refractivity contribution is 6.31. The van der Waals surface area contributed by atoms with Gasteiger partial charge in [0, 0.05) is 48.7 Å². The van der Waals surface area contributed by atoms with E-state index in [4.69, 9.17) is 11.6 Å². The molecule has 0 spiro atoms. The molecule has 2 aliphatic rings. The Labute approximate surface area is 187 Å². The molecule has 1 N–H and O–H groups in total. The quantitative estimate of drug-likeness (QED) is 0.786. The summed E-state index contributed by atoms with van der Waals surface area (Å²) in [5.41, 5.74) is 3.13. The summed E-state index contributed by atoms with van der Waals surface area (Å²) in [5, 5.41) is 3.35. The van der Waals surface area contributed by atoms with Crippen LogP contribution in [0.5, 0.6) is 0 Å². The fraction of sp³-hybridized carbons (Fsp3) is 0.375. The maximum Gasteiger partial charge on any atom is 0.254 e. The van der Waals surface area contributed by atoms with Crippen LogP contribution in [-0.4, -0.2) is 46.7 Å². The van der Waals surface area contributed by atoms with Crippen LogP contribution in [0, 0.1) is 0 Å². The van der Waals surface area contributed by atoms with Crippen molar-refractivity contribution in [1.29, 1.82) is 0 Å². The van der Waals surface area contributed by atoms with E-state index in [0.717, 1.165) is 37.1 Å². The molecule has 0 radical (unpaired) electrons. The number of carbonyl (C=O) groups is 3. The number of anilines is 1. The summed E-state index contributed by atoms with van der Waals surface area (Å²) >= 11 is 6.11. The number of hydrogen-bond acceptors (Lipinski definition) is 3. The summed E-state index contributed by atoms with van der Waals surface area (Å²) in [6, 6.07) is 12.0. The van der Waals surface area contributed by atoms with Crippen molar-refractivity contribution in [3.63, 3.8) is 0 Å². The lowest BCUT2D eigenvalue weighted by Gasteiger charge is -2.38. The topological polar surface area (TPSA) is 69.7 Å². The minimum Gasteiger partial charge on any atom is -0.341 e. The van der Waals surface area contributed by atoms with Gasteiger partial charge in [0.05, 0.1) is 0 Å². The molecule has 0 aromatic heterocycles. The number of nitrogens with one attached hydrogen (secondary N) is 1. The van der Waals surface area contributed by atoms with Crippen molar-refractivity contribution in [2.45, 2.75) is 45.2 Å². The molecule has 7 heteroatoms. The number of fused-ring (bicyclic) bond motifs is 1. The number of benzene rings is 2. The monoisotopic (exact) mass is 439 g/mol. The van der Waals surface area contributed by atoms with Gasteiger partial charge in [-0.3, -0.25) is 14.4 Å². The predicted molar refractivity (Wildman–Crippen MR) is 120 cm³/mol. The average molecular weight is 440 g/mol.